The van der Waals surface area contributed by atoms with Gasteiger partial charge < -0.3 is 5.32 Å². The van der Waals surface area contributed by atoms with Crippen molar-refractivity contribution in [3.63, 3.8) is 0 Å². The van der Waals surface area contributed by atoms with Crippen LogP contribution in [0, 0.1) is 10.1 Å². The molecule has 0 bridgehead atoms. The van der Waals surface area contributed by atoms with E-state index < -0.39 is 4.92 Å². The van der Waals surface area contributed by atoms with Crippen molar-refractivity contribution in [2.75, 3.05) is 11.6 Å². The Labute approximate surface area is 85.4 Å². The molecule has 0 saturated carbocycles. The maximum absolute atomic E-state index is 10.2. The summed E-state index contributed by atoms with van der Waals surface area (Å²) in [6.45, 7) is 0. The van der Waals surface area contributed by atoms with Crippen LogP contribution in [0.3, 0.4) is 0 Å². The van der Waals surface area contributed by atoms with E-state index >= 15 is 0 Å². The molecule has 0 aliphatic carbocycles. The molecule has 0 amide bonds. The maximum atomic E-state index is 10.2. The molecule has 0 aliphatic heterocycles. The van der Waals surface area contributed by atoms with Gasteiger partial charge in [0, 0.05) is 6.20 Å². The number of nitrogens with zero attached hydrogens (tertiary/aromatic N) is 2. The van der Waals surface area contributed by atoms with Crippen molar-refractivity contribution in [3.8, 4) is 0 Å². The first-order chi connectivity index (χ1) is 6.72. The maximum Gasteiger partial charge on any atom is 0.264 e. The molecule has 1 heterocycles. The minimum atomic E-state index is -0.491. The molecule has 0 fully saturated rings. The Morgan fingerprint density at radius 3 is 3.07 bits per heavy atom. The summed E-state index contributed by atoms with van der Waals surface area (Å²) in [7, 11) is 0. The second-order valence-electron chi connectivity index (χ2n) is 2.35. The highest BCUT2D eigenvalue weighted by atomic mass is 32.2. The number of hydrogen-bond acceptors (Lipinski definition) is 5. The largest absolute Gasteiger partial charge is 0.344 e. The lowest BCUT2D eigenvalue weighted by atomic mass is 10.4. The van der Waals surface area contributed by atoms with Gasteiger partial charge >= 0.3 is 0 Å². The Balaban J connectivity index is 2.71. The SMILES string of the molecule is CSC(=C[N+](=O)[O-])Nc1cccnc1. The fraction of sp³-hybridized carbons (Fsp3) is 0.125. The number of aromatic nitrogens is 1. The van der Waals surface area contributed by atoms with E-state index in [2.05, 4.69) is 10.3 Å². The third kappa shape index (κ3) is 3.44. The van der Waals surface area contributed by atoms with E-state index in [-0.39, 0.29) is 0 Å². The number of rotatable bonds is 4. The number of nitro groups is 1. The molecule has 1 aromatic heterocycles. The minimum Gasteiger partial charge on any atom is -0.344 e. The van der Waals surface area contributed by atoms with Crippen LogP contribution in [0.1, 0.15) is 0 Å². The number of nitrogens with one attached hydrogen (secondary N) is 1. The fourth-order valence-corrected chi connectivity index (χ4v) is 1.22. The van der Waals surface area contributed by atoms with Crippen LogP contribution in [0.25, 0.3) is 0 Å². The van der Waals surface area contributed by atoms with Crippen molar-refractivity contribution in [3.05, 3.63) is 45.9 Å². The third-order valence-electron chi connectivity index (χ3n) is 1.37. The molecular formula is C8H9N3O2S. The van der Waals surface area contributed by atoms with E-state index in [9.17, 15) is 10.1 Å². The molecule has 0 aromatic carbocycles. The lowest BCUT2D eigenvalue weighted by Crippen LogP contribution is -1.99. The third-order valence-corrected chi connectivity index (χ3v) is 2.02. The summed E-state index contributed by atoms with van der Waals surface area (Å²) in [5.41, 5.74) is 0.731. The Bertz CT molecular complexity index is 340. The molecule has 14 heavy (non-hydrogen) atoms. The predicted molar refractivity (Wildman–Crippen MR) is 56.5 cm³/mol. The Hall–Kier alpha value is -1.56. The molecule has 5 nitrogen and oxygen atoms in total. The monoisotopic (exact) mass is 211 g/mol. The van der Waals surface area contributed by atoms with Gasteiger partial charge in [0.1, 0.15) is 5.03 Å². The highest BCUT2D eigenvalue weighted by Crippen LogP contribution is 2.15. The van der Waals surface area contributed by atoms with Crippen molar-refractivity contribution < 1.29 is 4.92 Å². The summed E-state index contributed by atoms with van der Waals surface area (Å²) < 4.78 is 0. The van der Waals surface area contributed by atoms with E-state index in [0.717, 1.165) is 11.9 Å². The summed E-state index contributed by atoms with van der Waals surface area (Å²) in [6.07, 6.45) is 5.93. The first kappa shape index (κ1) is 10.5. The summed E-state index contributed by atoms with van der Waals surface area (Å²) in [5.74, 6) is 0. The zero-order chi connectivity index (χ0) is 10.4. The van der Waals surface area contributed by atoms with Crippen molar-refractivity contribution in [1.82, 2.24) is 4.98 Å². The molecule has 0 spiro atoms. The van der Waals surface area contributed by atoms with Gasteiger partial charge in [0.25, 0.3) is 6.20 Å². The van der Waals surface area contributed by atoms with Crippen LogP contribution in [0.15, 0.2) is 35.8 Å². The molecule has 6 heteroatoms. The first-order valence-electron chi connectivity index (χ1n) is 3.78. The molecule has 1 aromatic rings. The zero-order valence-electron chi connectivity index (χ0n) is 7.51. The molecule has 0 unspecified atom stereocenters. The van der Waals surface area contributed by atoms with Crippen LogP contribution < -0.4 is 5.32 Å². The zero-order valence-corrected chi connectivity index (χ0v) is 8.32. The number of hydrogen-bond donors (Lipinski definition) is 1. The topological polar surface area (TPSA) is 68.1 Å². The molecule has 0 atom stereocenters. The van der Waals surface area contributed by atoms with Gasteiger partial charge in [-0.05, 0) is 18.4 Å². The second-order valence-corrected chi connectivity index (χ2v) is 3.20. The summed E-state index contributed by atoms with van der Waals surface area (Å²) >= 11 is 1.27. The molecule has 0 aliphatic rings. The minimum absolute atomic E-state index is 0.475. The van der Waals surface area contributed by atoms with Gasteiger partial charge in [-0.25, -0.2) is 0 Å². The normalized spacial score (nSPS) is 11.1. The summed E-state index contributed by atoms with van der Waals surface area (Å²) in [6, 6.07) is 3.55. The van der Waals surface area contributed by atoms with Crippen LogP contribution in [0.5, 0.6) is 0 Å². The standard InChI is InChI=1S/C8H9N3O2S/c1-14-8(6-11(12)13)10-7-3-2-4-9-5-7/h2-6,10H,1H3. The predicted octanol–water partition coefficient (Wildman–Crippen LogP) is 1.93. The lowest BCUT2D eigenvalue weighted by Gasteiger charge is -2.04. The van der Waals surface area contributed by atoms with Gasteiger partial charge in [0.05, 0.1) is 16.8 Å². The Morgan fingerprint density at radius 2 is 2.57 bits per heavy atom. The van der Waals surface area contributed by atoms with Crippen molar-refractivity contribution >= 4 is 17.4 Å². The van der Waals surface area contributed by atoms with Gasteiger partial charge in [0.2, 0.25) is 0 Å². The highest BCUT2D eigenvalue weighted by Gasteiger charge is 2.01. The van der Waals surface area contributed by atoms with Crippen molar-refractivity contribution in [1.29, 1.82) is 0 Å². The smallest absolute Gasteiger partial charge is 0.264 e. The van der Waals surface area contributed by atoms with Gasteiger partial charge in [-0.15, -0.1) is 11.8 Å². The summed E-state index contributed by atoms with van der Waals surface area (Å²) in [5, 5.41) is 13.6. The molecular weight excluding hydrogens is 202 g/mol. The van der Waals surface area contributed by atoms with E-state index in [1.807, 2.05) is 0 Å². The van der Waals surface area contributed by atoms with Crippen LogP contribution >= 0.6 is 11.8 Å². The molecule has 0 saturated heterocycles. The van der Waals surface area contributed by atoms with E-state index in [1.165, 1.54) is 11.8 Å². The van der Waals surface area contributed by atoms with E-state index in [4.69, 9.17) is 0 Å². The molecule has 1 N–H and O–H groups in total. The fourth-order valence-electron chi connectivity index (χ4n) is 0.811. The highest BCUT2D eigenvalue weighted by molar-refractivity contribution is 8.02. The van der Waals surface area contributed by atoms with E-state index in [0.29, 0.717) is 5.03 Å². The second kappa shape index (κ2) is 5.23. The van der Waals surface area contributed by atoms with Gasteiger partial charge in [-0.2, -0.15) is 0 Å². The van der Waals surface area contributed by atoms with Gasteiger partial charge in [-0.1, -0.05) is 0 Å². The number of anilines is 1. The number of thioether (sulfide) groups is 1. The van der Waals surface area contributed by atoms with E-state index in [1.54, 1.807) is 30.8 Å². The van der Waals surface area contributed by atoms with Crippen molar-refractivity contribution in [2.45, 2.75) is 0 Å². The molecule has 1 rings (SSSR count). The molecule has 0 radical (unpaired) electrons. The van der Waals surface area contributed by atoms with Crippen LogP contribution in [0.2, 0.25) is 0 Å². The van der Waals surface area contributed by atoms with Crippen LogP contribution in [0.4, 0.5) is 5.69 Å². The van der Waals surface area contributed by atoms with Crippen molar-refractivity contribution in [2.24, 2.45) is 0 Å². The van der Waals surface area contributed by atoms with Crippen LogP contribution in [-0.2, 0) is 0 Å². The quantitative estimate of drug-likeness (QED) is 0.608. The Kier molecular flexibility index (Phi) is 3.93. The van der Waals surface area contributed by atoms with Gasteiger partial charge in [0.15, 0.2) is 0 Å². The Morgan fingerprint density at radius 1 is 1.79 bits per heavy atom. The average molecular weight is 211 g/mol. The molecule has 74 valence electrons. The number of pyridine rings is 1. The lowest BCUT2D eigenvalue weighted by molar-refractivity contribution is -0.402. The summed E-state index contributed by atoms with van der Waals surface area (Å²) in [4.78, 5) is 13.6. The average Bonchev–Trinajstić information content (AvgIpc) is 2.17. The van der Waals surface area contributed by atoms with Crippen LogP contribution in [-0.4, -0.2) is 16.2 Å². The first-order valence-corrected chi connectivity index (χ1v) is 5.01. The van der Waals surface area contributed by atoms with Gasteiger partial charge in [-0.3, -0.25) is 15.1 Å².